The summed E-state index contributed by atoms with van der Waals surface area (Å²) >= 11 is 11.9. The molecule has 0 saturated heterocycles. The van der Waals surface area contributed by atoms with Crippen molar-refractivity contribution in [2.75, 3.05) is 24.9 Å². The third kappa shape index (κ3) is 5.73. The van der Waals surface area contributed by atoms with E-state index in [-0.39, 0.29) is 16.3 Å². The highest BCUT2D eigenvalue weighted by Crippen LogP contribution is 2.23. The zero-order valence-electron chi connectivity index (χ0n) is 14.9. The quantitative estimate of drug-likeness (QED) is 0.541. The molecule has 2 rings (SSSR count). The summed E-state index contributed by atoms with van der Waals surface area (Å²) in [6.45, 7) is 0. The van der Waals surface area contributed by atoms with Gasteiger partial charge < -0.3 is 20.1 Å². The molecular weight excluding hydrogens is 407 g/mol. The van der Waals surface area contributed by atoms with Crippen LogP contribution in [-0.4, -0.2) is 32.1 Å². The standard InChI is InChI=1S/C19H16Cl2N2O5/c1-27-17(24)10-16(19(26)28-2)22-12-4-3-5-13(9-12)23-18(25)14-7-6-11(20)8-15(14)21/h3-10,22H,1-2H3,(H,23,25)/b16-10+. The van der Waals surface area contributed by atoms with E-state index in [1.165, 1.54) is 26.4 Å². The molecule has 2 aromatic rings. The lowest BCUT2D eigenvalue weighted by atomic mass is 10.2. The molecule has 0 fully saturated rings. The first-order valence-corrected chi connectivity index (χ1v) is 8.61. The maximum Gasteiger partial charge on any atom is 0.354 e. The van der Waals surface area contributed by atoms with Crippen LogP contribution in [0.25, 0.3) is 0 Å². The Kier molecular flexibility index (Phi) is 7.43. The zero-order chi connectivity index (χ0) is 20.7. The summed E-state index contributed by atoms with van der Waals surface area (Å²) in [6, 6.07) is 11.0. The summed E-state index contributed by atoms with van der Waals surface area (Å²) < 4.78 is 9.15. The van der Waals surface area contributed by atoms with Gasteiger partial charge in [-0.25, -0.2) is 9.59 Å². The molecule has 0 aromatic heterocycles. The lowest BCUT2D eigenvalue weighted by Gasteiger charge is -2.11. The van der Waals surface area contributed by atoms with E-state index in [1.54, 1.807) is 30.3 Å². The van der Waals surface area contributed by atoms with Gasteiger partial charge in [-0.05, 0) is 36.4 Å². The van der Waals surface area contributed by atoms with Gasteiger partial charge in [0.25, 0.3) is 5.91 Å². The topological polar surface area (TPSA) is 93.7 Å². The molecule has 0 bridgehead atoms. The van der Waals surface area contributed by atoms with Crippen molar-refractivity contribution in [3.63, 3.8) is 0 Å². The first kappa shape index (κ1) is 21.3. The Morgan fingerprint density at radius 1 is 0.929 bits per heavy atom. The lowest BCUT2D eigenvalue weighted by Crippen LogP contribution is -2.16. The second-order valence-corrected chi connectivity index (χ2v) is 6.20. The predicted molar refractivity (Wildman–Crippen MR) is 107 cm³/mol. The normalized spacial score (nSPS) is 10.8. The van der Waals surface area contributed by atoms with Gasteiger partial charge in [-0.2, -0.15) is 0 Å². The highest BCUT2D eigenvalue weighted by Gasteiger charge is 2.14. The smallest absolute Gasteiger partial charge is 0.354 e. The van der Waals surface area contributed by atoms with E-state index in [1.807, 2.05) is 0 Å². The number of halogens is 2. The van der Waals surface area contributed by atoms with Crippen LogP contribution in [0, 0.1) is 0 Å². The summed E-state index contributed by atoms with van der Waals surface area (Å²) in [5, 5.41) is 6.08. The number of hydrogen-bond acceptors (Lipinski definition) is 6. The molecule has 1 amide bonds. The average Bonchev–Trinajstić information content (AvgIpc) is 2.66. The van der Waals surface area contributed by atoms with E-state index in [0.29, 0.717) is 16.4 Å². The molecule has 2 aromatic carbocycles. The van der Waals surface area contributed by atoms with Crippen LogP contribution in [0.1, 0.15) is 10.4 Å². The Hall–Kier alpha value is -3.03. The Morgan fingerprint density at radius 2 is 1.61 bits per heavy atom. The number of hydrogen-bond donors (Lipinski definition) is 2. The number of nitrogens with one attached hydrogen (secondary N) is 2. The molecule has 2 N–H and O–H groups in total. The number of amides is 1. The fourth-order valence-electron chi connectivity index (χ4n) is 2.14. The molecule has 0 unspecified atom stereocenters. The number of methoxy groups -OCH3 is 2. The van der Waals surface area contributed by atoms with Crippen LogP contribution in [0.5, 0.6) is 0 Å². The van der Waals surface area contributed by atoms with Crippen molar-refractivity contribution >= 4 is 52.4 Å². The number of anilines is 2. The summed E-state index contributed by atoms with van der Waals surface area (Å²) in [5.41, 5.74) is 0.993. The molecular formula is C19H16Cl2N2O5. The number of carbonyl (C=O) groups is 3. The highest BCUT2D eigenvalue weighted by molar-refractivity contribution is 6.37. The number of benzene rings is 2. The number of esters is 2. The minimum absolute atomic E-state index is 0.126. The highest BCUT2D eigenvalue weighted by atomic mass is 35.5. The minimum atomic E-state index is -0.757. The van der Waals surface area contributed by atoms with Crippen LogP contribution in [-0.2, 0) is 19.1 Å². The summed E-state index contributed by atoms with van der Waals surface area (Å²) in [6.07, 6.45) is 0.963. The van der Waals surface area contributed by atoms with E-state index in [9.17, 15) is 14.4 Å². The molecule has 0 radical (unpaired) electrons. The van der Waals surface area contributed by atoms with Gasteiger partial charge in [-0.15, -0.1) is 0 Å². The van der Waals surface area contributed by atoms with Gasteiger partial charge >= 0.3 is 11.9 Å². The van der Waals surface area contributed by atoms with Gasteiger partial charge in [0.15, 0.2) is 0 Å². The Balaban J connectivity index is 2.21. The van der Waals surface area contributed by atoms with Crippen LogP contribution in [0.4, 0.5) is 11.4 Å². The van der Waals surface area contributed by atoms with Crippen molar-refractivity contribution in [1.82, 2.24) is 0 Å². The van der Waals surface area contributed by atoms with Gasteiger partial charge in [-0.3, -0.25) is 4.79 Å². The molecule has 0 aliphatic rings. The predicted octanol–water partition coefficient (Wildman–Crippen LogP) is 3.89. The third-order valence-electron chi connectivity index (χ3n) is 3.44. The third-order valence-corrected chi connectivity index (χ3v) is 3.99. The molecule has 0 atom stereocenters. The molecule has 0 spiro atoms. The molecule has 0 aliphatic carbocycles. The maximum atomic E-state index is 12.4. The van der Waals surface area contributed by atoms with Crippen molar-refractivity contribution in [3.05, 3.63) is 69.8 Å². The van der Waals surface area contributed by atoms with Crippen molar-refractivity contribution in [1.29, 1.82) is 0 Å². The molecule has 146 valence electrons. The Morgan fingerprint density at radius 3 is 2.21 bits per heavy atom. The minimum Gasteiger partial charge on any atom is -0.466 e. The van der Waals surface area contributed by atoms with Gasteiger partial charge in [0, 0.05) is 16.4 Å². The summed E-state index contributed by atoms with van der Waals surface area (Å²) in [4.78, 5) is 35.7. The van der Waals surface area contributed by atoms with Crippen LogP contribution >= 0.6 is 23.2 Å². The molecule has 0 saturated carbocycles. The molecule has 7 nitrogen and oxygen atoms in total. The first-order chi connectivity index (χ1) is 13.3. The zero-order valence-corrected chi connectivity index (χ0v) is 16.4. The Bertz CT molecular complexity index is 944. The van der Waals surface area contributed by atoms with E-state index in [0.717, 1.165) is 6.08 Å². The van der Waals surface area contributed by atoms with Crippen LogP contribution in [0.2, 0.25) is 10.0 Å². The second kappa shape index (κ2) is 9.77. The van der Waals surface area contributed by atoms with Crippen molar-refractivity contribution in [2.24, 2.45) is 0 Å². The van der Waals surface area contributed by atoms with Crippen molar-refractivity contribution in [2.45, 2.75) is 0 Å². The van der Waals surface area contributed by atoms with Gasteiger partial charge in [0.1, 0.15) is 5.70 Å². The number of ether oxygens (including phenoxy) is 2. The average molecular weight is 423 g/mol. The van der Waals surface area contributed by atoms with E-state index >= 15 is 0 Å². The van der Waals surface area contributed by atoms with Gasteiger partial charge in [0.05, 0.1) is 30.9 Å². The summed E-state index contributed by atoms with van der Waals surface area (Å²) in [5.74, 6) is -1.92. The number of carbonyl (C=O) groups excluding carboxylic acids is 3. The molecule has 28 heavy (non-hydrogen) atoms. The SMILES string of the molecule is COC(=O)/C=C(/Nc1cccc(NC(=O)c2ccc(Cl)cc2Cl)c1)C(=O)OC. The van der Waals surface area contributed by atoms with Gasteiger partial charge in [-0.1, -0.05) is 29.3 Å². The van der Waals surface area contributed by atoms with Gasteiger partial charge in [0.2, 0.25) is 0 Å². The fourth-order valence-corrected chi connectivity index (χ4v) is 2.63. The second-order valence-electron chi connectivity index (χ2n) is 5.36. The fraction of sp³-hybridized carbons (Fsp3) is 0.105. The van der Waals surface area contributed by atoms with E-state index in [4.69, 9.17) is 23.2 Å². The summed E-state index contributed by atoms with van der Waals surface area (Å²) in [7, 11) is 2.37. The van der Waals surface area contributed by atoms with Crippen LogP contribution in [0.15, 0.2) is 54.2 Å². The van der Waals surface area contributed by atoms with Crippen molar-refractivity contribution in [3.8, 4) is 0 Å². The van der Waals surface area contributed by atoms with E-state index in [2.05, 4.69) is 20.1 Å². The monoisotopic (exact) mass is 422 g/mol. The van der Waals surface area contributed by atoms with Crippen LogP contribution in [0.3, 0.4) is 0 Å². The van der Waals surface area contributed by atoms with Crippen molar-refractivity contribution < 1.29 is 23.9 Å². The van der Waals surface area contributed by atoms with E-state index < -0.39 is 17.8 Å². The Labute approximate surface area is 171 Å². The molecule has 9 heteroatoms. The lowest BCUT2D eigenvalue weighted by molar-refractivity contribution is -0.138. The molecule has 0 aliphatic heterocycles. The molecule has 0 heterocycles. The first-order valence-electron chi connectivity index (χ1n) is 7.85. The van der Waals surface area contributed by atoms with Crippen LogP contribution < -0.4 is 10.6 Å². The largest absolute Gasteiger partial charge is 0.466 e. The number of rotatable bonds is 6. The maximum absolute atomic E-state index is 12.4.